The third kappa shape index (κ3) is 4.05. The van der Waals surface area contributed by atoms with Crippen LogP contribution in [0.25, 0.3) is 11.0 Å². The Morgan fingerprint density at radius 3 is 2.81 bits per heavy atom. The van der Waals surface area contributed by atoms with E-state index in [9.17, 15) is 4.79 Å². The number of anilines is 1. The third-order valence-electron chi connectivity index (χ3n) is 4.79. The van der Waals surface area contributed by atoms with Crippen molar-refractivity contribution in [2.45, 2.75) is 6.54 Å². The Labute approximate surface area is 166 Å². The molecule has 1 aromatic heterocycles. The molecule has 1 fully saturated rings. The number of carbonyl (C=O) groups excluding carboxylic acids is 1. The first kappa shape index (κ1) is 18.2. The van der Waals surface area contributed by atoms with Crippen LogP contribution in [0, 0.1) is 0 Å². The van der Waals surface area contributed by atoms with Gasteiger partial charge in [-0.25, -0.2) is 4.98 Å². The molecule has 0 atom stereocenters. The van der Waals surface area contributed by atoms with E-state index in [4.69, 9.17) is 9.72 Å². The minimum atomic E-state index is -0.139. The van der Waals surface area contributed by atoms with Crippen LogP contribution < -0.4 is 5.32 Å². The normalized spacial score (nSPS) is 15.2. The largest absolute Gasteiger partial charge is 0.379 e. The van der Waals surface area contributed by atoms with Gasteiger partial charge < -0.3 is 14.6 Å². The molecule has 2 aromatic carbocycles. The fourth-order valence-corrected chi connectivity index (χ4v) is 3.66. The van der Waals surface area contributed by atoms with Crippen LogP contribution >= 0.6 is 15.9 Å². The summed E-state index contributed by atoms with van der Waals surface area (Å²) < 4.78 is 8.40. The van der Waals surface area contributed by atoms with E-state index in [1.807, 2.05) is 37.4 Å². The zero-order valence-electron chi connectivity index (χ0n) is 15.1. The van der Waals surface area contributed by atoms with Crippen LogP contribution in [0.2, 0.25) is 0 Å². The number of imidazole rings is 1. The number of amides is 1. The number of benzene rings is 2. The van der Waals surface area contributed by atoms with Gasteiger partial charge in [0.05, 0.1) is 30.8 Å². The molecule has 0 saturated carbocycles. The number of carbonyl (C=O) groups is 1. The highest BCUT2D eigenvalue weighted by Crippen LogP contribution is 2.22. The lowest BCUT2D eigenvalue weighted by molar-refractivity contribution is 0.0328. The van der Waals surface area contributed by atoms with Gasteiger partial charge in [0.15, 0.2) is 0 Å². The van der Waals surface area contributed by atoms with E-state index in [0.717, 1.165) is 59.9 Å². The number of nitrogens with one attached hydrogen (secondary N) is 1. The summed E-state index contributed by atoms with van der Waals surface area (Å²) in [7, 11) is 2.03. The molecule has 7 heteroatoms. The fraction of sp³-hybridized carbons (Fsp3) is 0.300. The molecule has 1 aliphatic heterocycles. The van der Waals surface area contributed by atoms with Crippen LogP contribution in [0.15, 0.2) is 46.9 Å². The molecule has 27 heavy (non-hydrogen) atoms. The summed E-state index contributed by atoms with van der Waals surface area (Å²) in [5.74, 6) is 0.877. The average molecular weight is 429 g/mol. The van der Waals surface area contributed by atoms with Crippen LogP contribution in [0.5, 0.6) is 0 Å². The highest BCUT2D eigenvalue weighted by Gasteiger charge is 2.16. The topological polar surface area (TPSA) is 59.4 Å². The number of aromatic nitrogens is 2. The van der Waals surface area contributed by atoms with E-state index in [-0.39, 0.29) is 5.91 Å². The van der Waals surface area contributed by atoms with Crippen LogP contribution in [0.3, 0.4) is 0 Å². The zero-order chi connectivity index (χ0) is 18.8. The molecule has 1 N–H and O–H groups in total. The maximum Gasteiger partial charge on any atom is 0.255 e. The number of ether oxygens (including phenoxy) is 1. The molecule has 140 valence electrons. The number of aryl methyl sites for hydroxylation is 1. The van der Waals surface area contributed by atoms with E-state index < -0.39 is 0 Å². The van der Waals surface area contributed by atoms with E-state index >= 15 is 0 Å². The number of nitrogens with zero attached hydrogens (tertiary/aromatic N) is 3. The van der Waals surface area contributed by atoms with Gasteiger partial charge >= 0.3 is 0 Å². The second kappa shape index (κ2) is 7.80. The number of fused-ring (bicyclic) bond motifs is 1. The second-order valence-corrected chi connectivity index (χ2v) is 7.56. The average Bonchev–Trinajstić information content (AvgIpc) is 2.97. The number of rotatable bonds is 4. The maximum absolute atomic E-state index is 12.5. The van der Waals surface area contributed by atoms with Crippen molar-refractivity contribution in [1.82, 2.24) is 14.5 Å². The summed E-state index contributed by atoms with van der Waals surface area (Å²) in [6.45, 7) is 4.20. The Kier molecular flexibility index (Phi) is 5.24. The molecule has 6 nitrogen and oxygen atoms in total. The highest BCUT2D eigenvalue weighted by atomic mass is 79.9. The highest BCUT2D eigenvalue weighted by molar-refractivity contribution is 9.10. The van der Waals surface area contributed by atoms with Crippen molar-refractivity contribution in [2.24, 2.45) is 7.05 Å². The number of morpholine rings is 1. The molecule has 1 amide bonds. The van der Waals surface area contributed by atoms with Gasteiger partial charge in [-0.3, -0.25) is 9.69 Å². The molecule has 4 rings (SSSR count). The molecule has 0 spiro atoms. The van der Waals surface area contributed by atoms with Crippen molar-refractivity contribution in [3.63, 3.8) is 0 Å². The van der Waals surface area contributed by atoms with Gasteiger partial charge in [0, 0.05) is 35.9 Å². The van der Waals surface area contributed by atoms with Crippen LogP contribution in [0.1, 0.15) is 16.2 Å². The van der Waals surface area contributed by atoms with Gasteiger partial charge in [0.1, 0.15) is 5.82 Å². The van der Waals surface area contributed by atoms with Crippen molar-refractivity contribution in [1.29, 1.82) is 0 Å². The third-order valence-corrected chi connectivity index (χ3v) is 5.28. The minimum absolute atomic E-state index is 0.139. The molecular weight excluding hydrogens is 408 g/mol. The van der Waals surface area contributed by atoms with Gasteiger partial charge in [0.25, 0.3) is 5.91 Å². The van der Waals surface area contributed by atoms with Crippen molar-refractivity contribution < 1.29 is 9.53 Å². The fourth-order valence-electron chi connectivity index (χ4n) is 3.26. The predicted octanol–water partition coefficient (Wildman–Crippen LogP) is 3.42. The van der Waals surface area contributed by atoms with Gasteiger partial charge in [-0.15, -0.1) is 0 Å². The van der Waals surface area contributed by atoms with Gasteiger partial charge in [-0.05, 0) is 36.4 Å². The summed E-state index contributed by atoms with van der Waals surface area (Å²) >= 11 is 3.40. The van der Waals surface area contributed by atoms with Crippen molar-refractivity contribution in [2.75, 3.05) is 31.6 Å². The summed E-state index contributed by atoms with van der Waals surface area (Å²) in [5.41, 5.74) is 3.29. The lowest BCUT2D eigenvalue weighted by Crippen LogP contribution is -2.36. The molecule has 0 unspecified atom stereocenters. The molecular formula is C20H21BrN4O2. The number of hydrogen-bond donors (Lipinski definition) is 1. The summed E-state index contributed by atoms with van der Waals surface area (Å²) in [6.07, 6.45) is 0. The predicted molar refractivity (Wildman–Crippen MR) is 109 cm³/mol. The van der Waals surface area contributed by atoms with Gasteiger partial charge in [0.2, 0.25) is 0 Å². The van der Waals surface area contributed by atoms with Crippen molar-refractivity contribution in [3.05, 3.63) is 58.3 Å². The Morgan fingerprint density at radius 2 is 2.04 bits per heavy atom. The first-order valence-electron chi connectivity index (χ1n) is 8.92. The van der Waals surface area contributed by atoms with E-state index in [1.165, 1.54) is 0 Å². The maximum atomic E-state index is 12.5. The Hall–Kier alpha value is -2.22. The summed E-state index contributed by atoms with van der Waals surface area (Å²) in [5, 5.41) is 2.95. The van der Waals surface area contributed by atoms with Crippen molar-refractivity contribution in [3.8, 4) is 0 Å². The van der Waals surface area contributed by atoms with Crippen molar-refractivity contribution >= 4 is 38.6 Å². The molecule has 3 aromatic rings. The van der Waals surface area contributed by atoms with Crippen LogP contribution in [0.4, 0.5) is 5.69 Å². The smallest absolute Gasteiger partial charge is 0.255 e. The summed E-state index contributed by atoms with van der Waals surface area (Å²) in [6, 6.07) is 13.2. The number of hydrogen-bond acceptors (Lipinski definition) is 4. The minimum Gasteiger partial charge on any atom is -0.379 e. The monoisotopic (exact) mass is 428 g/mol. The Morgan fingerprint density at radius 1 is 1.22 bits per heavy atom. The number of halogens is 1. The van der Waals surface area contributed by atoms with Gasteiger partial charge in [-0.2, -0.15) is 0 Å². The standard InChI is InChI=1S/C20H21BrN4O2/c1-24-18-6-5-16(22-20(26)14-3-2-4-15(21)11-14)12-17(18)23-19(24)13-25-7-9-27-10-8-25/h2-6,11-12H,7-10,13H2,1H3,(H,22,26). The molecule has 0 aliphatic carbocycles. The van der Waals surface area contributed by atoms with Crippen LogP contribution in [-0.4, -0.2) is 46.7 Å². The van der Waals surface area contributed by atoms with Crippen LogP contribution in [-0.2, 0) is 18.3 Å². The zero-order valence-corrected chi connectivity index (χ0v) is 16.7. The van der Waals surface area contributed by atoms with E-state index in [1.54, 1.807) is 12.1 Å². The first-order chi connectivity index (χ1) is 13.1. The summed E-state index contributed by atoms with van der Waals surface area (Å²) in [4.78, 5) is 19.6. The molecule has 0 radical (unpaired) electrons. The molecule has 2 heterocycles. The second-order valence-electron chi connectivity index (χ2n) is 6.64. The molecule has 0 bridgehead atoms. The molecule has 1 saturated heterocycles. The van der Waals surface area contributed by atoms with E-state index in [2.05, 4.69) is 30.7 Å². The van der Waals surface area contributed by atoms with E-state index in [0.29, 0.717) is 5.56 Å². The van der Waals surface area contributed by atoms with Gasteiger partial charge in [-0.1, -0.05) is 22.0 Å². The Bertz CT molecular complexity index is 979. The Balaban J connectivity index is 1.54. The lowest BCUT2D eigenvalue weighted by atomic mass is 10.2. The first-order valence-corrected chi connectivity index (χ1v) is 9.72. The molecule has 1 aliphatic rings. The quantitative estimate of drug-likeness (QED) is 0.691. The SMILES string of the molecule is Cn1c(CN2CCOCC2)nc2cc(NC(=O)c3cccc(Br)c3)ccc21. The lowest BCUT2D eigenvalue weighted by Gasteiger charge is -2.26.